The Hall–Kier alpha value is -2.67. The Labute approximate surface area is 136 Å². The van der Waals surface area contributed by atoms with Crippen molar-refractivity contribution in [3.63, 3.8) is 0 Å². The first-order valence-electron chi connectivity index (χ1n) is 6.87. The molecule has 2 heterocycles. The number of H-pyrrole nitrogens is 1. The van der Waals surface area contributed by atoms with E-state index in [4.69, 9.17) is 4.42 Å². The average Bonchev–Trinajstić information content (AvgIpc) is 3.12. The van der Waals surface area contributed by atoms with Gasteiger partial charge in [-0.25, -0.2) is 9.78 Å². The van der Waals surface area contributed by atoms with Gasteiger partial charge < -0.3 is 19.4 Å². The first-order chi connectivity index (χ1) is 11.0. The number of para-hydroxylation sites is 2. The molecule has 0 aliphatic heterocycles. The monoisotopic (exact) mass is 329 g/mol. The van der Waals surface area contributed by atoms with E-state index in [1.807, 2.05) is 43.3 Å². The standard InChI is InChI=1S/C16H15N3O3S/c1-19(2)14-8-7-10(22-14)9-13(15(20)21)23-16-17-11-5-3-4-6-12(11)18-16/h3-9H,1-2H3,(H,17,18)(H,20,21)/b13-9-. The number of hydrogen-bond acceptors (Lipinski definition) is 5. The van der Waals surface area contributed by atoms with Gasteiger partial charge in [0.15, 0.2) is 11.0 Å². The minimum Gasteiger partial charge on any atom is -0.477 e. The van der Waals surface area contributed by atoms with Crippen molar-refractivity contribution >= 4 is 40.7 Å². The Bertz CT molecular complexity index is 846. The summed E-state index contributed by atoms with van der Waals surface area (Å²) in [7, 11) is 3.71. The van der Waals surface area contributed by atoms with Crippen LogP contribution in [-0.4, -0.2) is 35.1 Å². The van der Waals surface area contributed by atoms with Gasteiger partial charge in [-0.3, -0.25) is 0 Å². The predicted molar refractivity (Wildman–Crippen MR) is 90.6 cm³/mol. The lowest BCUT2D eigenvalue weighted by Crippen LogP contribution is -2.06. The highest BCUT2D eigenvalue weighted by atomic mass is 32.2. The summed E-state index contributed by atoms with van der Waals surface area (Å²) < 4.78 is 5.56. The highest BCUT2D eigenvalue weighted by Gasteiger charge is 2.14. The molecule has 23 heavy (non-hydrogen) atoms. The first-order valence-corrected chi connectivity index (χ1v) is 7.69. The van der Waals surface area contributed by atoms with Crippen LogP contribution in [0.4, 0.5) is 5.88 Å². The zero-order valence-electron chi connectivity index (χ0n) is 12.6. The highest BCUT2D eigenvalue weighted by molar-refractivity contribution is 8.04. The number of thioether (sulfide) groups is 1. The maximum Gasteiger partial charge on any atom is 0.342 e. The molecule has 0 spiro atoms. The van der Waals surface area contributed by atoms with Gasteiger partial charge in [-0.2, -0.15) is 0 Å². The van der Waals surface area contributed by atoms with Crippen LogP contribution in [0.1, 0.15) is 5.76 Å². The summed E-state index contributed by atoms with van der Waals surface area (Å²) >= 11 is 1.06. The zero-order chi connectivity index (χ0) is 16.4. The fourth-order valence-corrected chi connectivity index (χ4v) is 2.78. The van der Waals surface area contributed by atoms with Crippen molar-refractivity contribution in [3.8, 4) is 0 Å². The van der Waals surface area contributed by atoms with Crippen LogP contribution in [0.15, 0.2) is 50.9 Å². The zero-order valence-corrected chi connectivity index (χ0v) is 13.4. The van der Waals surface area contributed by atoms with Crippen molar-refractivity contribution in [3.05, 3.63) is 47.1 Å². The minimum absolute atomic E-state index is 0.128. The van der Waals surface area contributed by atoms with Gasteiger partial charge in [0.2, 0.25) is 0 Å². The molecule has 0 aliphatic carbocycles. The summed E-state index contributed by atoms with van der Waals surface area (Å²) in [5.74, 6) is 0.114. The van der Waals surface area contributed by atoms with Crippen LogP contribution in [0.25, 0.3) is 17.1 Å². The molecule has 0 unspecified atom stereocenters. The van der Waals surface area contributed by atoms with E-state index >= 15 is 0 Å². The molecule has 0 fully saturated rings. The summed E-state index contributed by atoms with van der Waals surface area (Å²) in [6.45, 7) is 0. The van der Waals surface area contributed by atoms with Gasteiger partial charge in [-0.15, -0.1) is 0 Å². The van der Waals surface area contributed by atoms with E-state index < -0.39 is 5.97 Å². The molecule has 0 atom stereocenters. The van der Waals surface area contributed by atoms with Crippen LogP contribution >= 0.6 is 11.8 Å². The van der Waals surface area contributed by atoms with E-state index in [2.05, 4.69) is 9.97 Å². The summed E-state index contributed by atoms with van der Waals surface area (Å²) in [6, 6.07) is 11.1. The van der Waals surface area contributed by atoms with E-state index in [-0.39, 0.29) is 4.91 Å². The van der Waals surface area contributed by atoms with Crippen LogP contribution in [0.3, 0.4) is 0 Å². The maximum absolute atomic E-state index is 11.5. The smallest absolute Gasteiger partial charge is 0.342 e. The molecule has 1 aromatic carbocycles. The van der Waals surface area contributed by atoms with Crippen LogP contribution in [0.2, 0.25) is 0 Å². The molecule has 0 bridgehead atoms. The Kier molecular flexibility index (Phi) is 4.12. The third-order valence-electron chi connectivity index (χ3n) is 3.11. The van der Waals surface area contributed by atoms with Crippen LogP contribution < -0.4 is 4.90 Å². The molecular formula is C16H15N3O3S. The quantitative estimate of drug-likeness (QED) is 0.551. The number of nitrogens with zero attached hydrogens (tertiary/aromatic N) is 2. The van der Waals surface area contributed by atoms with E-state index in [0.717, 1.165) is 22.8 Å². The number of carboxylic acid groups (broad SMARTS) is 1. The molecule has 118 valence electrons. The molecule has 0 radical (unpaired) electrons. The van der Waals surface area contributed by atoms with Crippen molar-refractivity contribution in [2.24, 2.45) is 0 Å². The number of hydrogen-bond donors (Lipinski definition) is 2. The number of imidazole rings is 1. The lowest BCUT2D eigenvalue weighted by molar-refractivity contribution is -0.131. The second-order valence-corrected chi connectivity index (χ2v) is 6.08. The summed E-state index contributed by atoms with van der Waals surface area (Å²) in [5.41, 5.74) is 1.67. The Morgan fingerprint density at radius 1 is 1.30 bits per heavy atom. The normalized spacial score (nSPS) is 11.8. The van der Waals surface area contributed by atoms with Crippen LogP contribution in [0, 0.1) is 0 Å². The van der Waals surface area contributed by atoms with Gasteiger partial charge in [0, 0.05) is 26.2 Å². The average molecular weight is 329 g/mol. The highest BCUT2D eigenvalue weighted by Crippen LogP contribution is 2.29. The van der Waals surface area contributed by atoms with Gasteiger partial charge in [0.05, 0.1) is 11.0 Å². The number of anilines is 1. The number of aromatic nitrogens is 2. The molecule has 7 heteroatoms. The van der Waals surface area contributed by atoms with Gasteiger partial charge in [0.25, 0.3) is 0 Å². The van der Waals surface area contributed by atoms with Crippen molar-refractivity contribution < 1.29 is 14.3 Å². The van der Waals surface area contributed by atoms with E-state index in [9.17, 15) is 9.90 Å². The van der Waals surface area contributed by atoms with Gasteiger partial charge in [-0.05, 0) is 30.0 Å². The predicted octanol–water partition coefficient (Wildman–Crippen LogP) is 3.44. The molecule has 0 saturated heterocycles. The van der Waals surface area contributed by atoms with E-state index in [1.165, 1.54) is 6.08 Å². The number of furan rings is 1. The minimum atomic E-state index is -1.03. The second kappa shape index (κ2) is 6.21. The number of rotatable bonds is 5. The number of fused-ring (bicyclic) bond motifs is 1. The summed E-state index contributed by atoms with van der Waals surface area (Å²) in [5, 5.41) is 9.93. The summed E-state index contributed by atoms with van der Waals surface area (Å²) in [4.78, 5) is 20.9. The number of aromatic amines is 1. The SMILES string of the molecule is CN(C)c1ccc(/C=C(\Sc2nc3ccccc3[nH]2)C(=O)O)o1. The molecule has 2 aromatic heterocycles. The van der Waals surface area contributed by atoms with Crippen molar-refractivity contribution in [1.29, 1.82) is 0 Å². The lowest BCUT2D eigenvalue weighted by Gasteiger charge is -2.06. The number of nitrogens with one attached hydrogen (secondary N) is 1. The van der Waals surface area contributed by atoms with E-state index in [0.29, 0.717) is 16.8 Å². The molecule has 3 aromatic rings. The Balaban J connectivity index is 1.88. The summed E-state index contributed by atoms with van der Waals surface area (Å²) in [6.07, 6.45) is 1.49. The third-order valence-corrected chi connectivity index (χ3v) is 4.01. The van der Waals surface area contributed by atoms with Crippen molar-refractivity contribution in [2.75, 3.05) is 19.0 Å². The van der Waals surface area contributed by atoms with Gasteiger partial charge in [-0.1, -0.05) is 12.1 Å². The van der Waals surface area contributed by atoms with Crippen molar-refractivity contribution in [1.82, 2.24) is 9.97 Å². The Morgan fingerprint density at radius 2 is 2.09 bits per heavy atom. The lowest BCUT2D eigenvalue weighted by atomic mass is 10.3. The molecular weight excluding hydrogens is 314 g/mol. The molecule has 2 N–H and O–H groups in total. The molecule has 0 aliphatic rings. The topological polar surface area (TPSA) is 82.4 Å². The Morgan fingerprint density at radius 3 is 2.74 bits per heavy atom. The fourth-order valence-electron chi connectivity index (χ4n) is 2.01. The third kappa shape index (κ3) is 3.40. The molecule has 0 amide bonds. The van der Waals surface area contributed by atoms with Crippen LogP contribution in [-0.2, 0) is 4.79 Å². The maximum atomic E-state index is 11.5. The number of carbonyl (C=O) groups is 1. The molecule has 0 saturated carbocycles. The number of benzene rings is 1. The first kappa shape index (κ1) is 15.2. The van der Waals surface area contributed by atoms with E-state index in [1.54, 1.807) is 12.1 Å². The van der Waals surface area contributed by atoms with Gasteiger partial charge >= 0.3 is 5.97 Å². The van der Waals surface area contributed by atoms with Gasteiger partial charge in [0.1, 0.15) is 10.7 Å². The molecule has 3 rings (SSSR count). The fraction of sp³-hybridized carbons (Fsp3) is 0.125. The van der Waals surface area contributed by atoms with Crippen LogP contribution in [0.5, 0.6) is 0 Å². The van der Waals surface area contributed by atoms with Crippen molar-refractivity contribution in [2.45, 2.75) is 5.16 Å². The number of carboxylic acids is 1. The molecule has 6 nitrogen and oxygen atoms in total. The number of aliphatic carboxylic acids is 1. The largest absolute Gasteiger partial charge is 0.477 e. The second-order valence-electron chi connectivity index (χ2n) is 5.05.